The number of anilines is 2. The molecule has 33 heavy (non-hydrogen) atoms. The number of hydrogen-bond acceptors (Lipinski definition) is 8. The van der Waals surface area contributed by atoms with Gasteiger partial charge in [-0.2, -0.15) is 5.26 Å². The molecule has 0 radical (unpaired) electrons. The minimum atomic E-state index is -0.799. The van der Waals surface area contributed by atoms with Gasteiger partial charge < -0.3 is 19.1 Å². The molecule has 1 aliphatic rings. The van der Waals surface area contributed by atoms with Crippen molar-refractivity contribution in [2.24, 2.45) is 0 Å². The second-order valence-electron chi connectivity index (χ2n) is 7.04. The number of morpholine rings is 1. The summed E-state index contributed by atoms with van der Waals surface area (Å²) in [4.78, 5) is 36.4. The maximum Gasteiger partial charge on any atom is 0.328 e. The van der Waals surface area contributed by atoms with Crippen molar-refractivity contribution in [1.29, 1.82) is 5.26 Å². The molecule has 0 aromatic carbocycles. The van der Waals surface area contributed by atoms with Crippen molar-refractivity contribution in [2.45, 2.75) is 12.8 Å². The number of urea groups is 1. The summed E-state index contributed by atoms with van der Waals surface area (Å²) in [6.07, 6.45) is 0.476. The molecule has 12 heteroatoms. The van der Waals surface area contributed by atoms with E-state index in [9.17, 15) is 9.59 Å². The number of ether oxygens (including phenoxy) is 3. The number of carbonyl (C=O) groups excluding carboxylic acids is 2. The van der Waals surface area contributed by atoms with Gasteiger partial charge in [0.05, 0.1) is 17.2 Å². The molecule has 11 nitrogen and oxygen atoms in total. The molecule has 0 saturated carbocycles. The van der Waals surface area contributed by atoms with Gasteiger partial charge in [-0.05, 0) is 11.6 Å². The van der Waals surface area contributed by atoms with Gasteiger partial charge in [0.1, 0.15) is 30.0 Å². The van der Waals surface area contributed by atoms with Gasteiger partial charge in [0.15, 0.2) is 0 Å². The number of amides is 3. The van der Waals surface area contributed by atoms with Crippen LogP contribution < -0.4 is 10.2 Å². The third kappa shape index (κ3) is 5.74. The Morgan fingerprint density at radius 2 is 2.18 bits per heavy atom. The Hall–Kier alpha value is -3.30. The van der Waals surface area contributed by atoms with Crippen molar-refractivity contribution in [3.8, 4) is 6.07 Å². The molecule has 2 aromatic rings. The van der Waals surface area contributed by atoms with E-state index in [1.54, 1.807) is 17.0 Å². The topological polar surface area (TPSA) is 130 Å². The first-order valence-electron chi connectivity index (χ1n) is 9.89. The van der Waals surface area contributed by atoms with E-state index in [1.807, 2.05) is 6.07 Å². The maximum atomic E-state index is 12.7. The van der Waals surface area contributed by atoms with E-state index in [2.05, 4.69) is 15.3 Å². The quantitative estimate of drug-likeness (QED) is 0.605. The number of halogens is 1. The van der Waals surface area contributed by atoms with Crippen LogP contribution in [-0.2, 0) is 25.5 Å². The zero-order valence-electron chi connectivity index (χ0n) is 18.4. The zero-order chi connectivity index (χ0) is 24.0. The molecule has 1 aliphatic heterocycles. The van der Waals surface area contributed by atoms with Gasteiger partial charge in [0, 0.05) is 46.6 Å². The van der Waals surface area contributed by atoms with E-state index >= 15 is 0 Å². The number of nitriles is 1. The Morgan fingerprint density at radius 1 is 1.42 bits per heavy atom. The second-order valence-corrected chi connectivity index (χ2v) is 7.44. The first kappa shape index (κ1) is 24.3. The fourth-order valence-electron chi connectivity index (χ4n) is 3.14. The summed E-state index contributed by atoms with van der Waals surface area (Å²) in [5, 5.41) is 11.7. The highest BCUT2D eigenvalue weighted by Crippen LogP contribution is 2.25. The van der Waals surface area contributed by atoms with Crippen LogP contribution in [0.25, 0.3) is 0 Å². The minimum Gasteiger partial charge on any atom is -0.370 e. The summed E-state index contributed by atoms with van der Waals surface area (Å²) in [6.45, 7) is 1.26. The molecule has 3 rings (SSSR count). The smallest absolute Gasteiger partial charge is 0.328 e. The molecule has 0 aliphatic carbocycles. The average Bonchev–Trinajstić information content (AvgIpc) is 2.81. The van der Waals surface area contributed by atoms with Crippen molar-refractivity contribution in [3.63, 3.8) is 0 Å². The van der Waals surface area contributed by atoms with Crippen LogP contribution in [0.1, 0.15) is 23.1 Å². The largest absolute Gasteiger partial charge is 0.370 e. The molecule has 2 aromatic heterocycles. The normalized spacial score (nSPS) is 13.7. The third-order valence-electron chi connectivity index (χ3n) is 4.95. The SMILES string of the molecule is COC(OC)c1nc(N(C)C(=O)Nc2cc(Cl)c(C#N)cn2)ccc1CN1CCOCC1=O. The van der Waals surface area contributed by atoms with Gasteiger partial charge in [-0.1, -0.05) is 17.7 Å². The van der Waals surface area contributed by atoms with Gasteiger partial charge in [0.25, 0.3) is 0 Å². The first-order valence-corrected chi connectivity index (χ1v) is 10.3. The van der Waals surface area contributed by atoms with Crippen LogP contribution >= 0.6 is 11.6 Å². The maximum absolute atomic E-state index is 12.7. The van der Waals surface area contributed by atoms with Gasteiger partial charge in [-0.25, -0.2) is 14.8 Å². The number of hydrogen-bond donors (Lipinski definition) is 1. The third-order valence-corrected chi connectivity index (χ3v) is 5.26. The number of nitrogens with one attached hydrogen (secondary N) is 1. The average molecular weight is 475 g/mol. The van der Waals surface area contributed by atoms with Gasteiger partial charge in [-0.3, -0.25) is 15.0 Å². The number of carbonyl (C=O) groups is 2. The van der Waals surface area contributed by atoms with Crippen molar-refractivity contribution >= 4 is 35.2 Å². The molecule has 1 N–H and O–H groups in total. The lowest BCUT2D eigenvalue weighted by atomic mass is 10.1. The van der Waals surface area contributed by atoms with Crippen LogP contribution in [0.3, 0.4) is 0 Å². The van der Waals surface area contributed by atoms with Gasteiger partial charge in [-0.15, -0.1) is 0 Å². The lowest BCUT2D eigenvalue weighted by Gasteiger charge is -2.28. The highest BCUT2D eigenvalue weighted by atomic mass is 35.5. The summed E-state index contributed by atoms with van der Waals surface area (Å²) in [5.74, 6) is 0.385. The van der Waals surface area contributed by atoms with Crippen molar-refractivity contribution in [3.05, 3.63) is 46.2 Å². The molecule has 0 atom stereocenters. The van der Waals surface area contributed by atoms with E-state index in [1.165, 1.54) is 38.4 Å². The van der Waals surface area contributed by atoms with Crippen LogP contribution in [0.5, 0.6) is 0 Å². The number of aromatic nitrogens is 2. The molecule has 1 fully saturated rings. The number of nitrogens with zero attached hydrogens (tertiary/aromatic N) is 5. The Bertz CT molecular complexity index is 1070. The van der Waals surface area contributed by atoms with Crippen LogP contribution in [0, 0.1) is 11.3 Å². The van der Waals surface area contributed by atoms with Crippen molar-refractivity contribution < 1.29 is 23.8 Å². The Balaban J connectivity index is 1.83. The lowest BCUT2D eigenvalue weighted by Crippen LogP contribution is -2.41. The molecule has 174 valence electrons. The van der Waals surface area contributed by atoms with Crippen LogP contribution in [-0.4, -0.2) is 67.8 Å². The molecule has 3 amide bonds. The highest BCUT2D eigenvalue weighted by molar-refractivity contribution is 6.32. The molecular formula is C21H23ClN6O5. The number of rotatable bonds is 7. The Morgan fingerprint density at radius 3 is 2.82 bits per heavy atom. The molecule has 0 spiro atoms. The number of pyridine rings is 2. The van der Waals surface area contributed by atoms with Gasteiger partial charge in [0.2, 0.25) is 12.2 Å². The predicted molar refractivity (Wildman–Crippen MR) is 119 cm³/mol. The summed E-state index contributed by atoms with van der Waals surface area (Å²) in [7, 11) is 4.48. The van der Waals surface area contributed by atoms with E-state index in [-0.39, 0.29) is 28.9 Å². The number of methoxy groups -OCH3 is 2. The predicted octanol–water partition coefficient (Wildman–Crippen LogP) is 2.32. The lowest BCUT2D eigenvalue weighted by molar-refractivity contribution is -0.143. The Kier molecular flexibility index (Phi) is 8.13. The molecule has 0 unspecified atom stereocenters. The monoisotopic (exact) mass is 474 g/mol. The fourth-order valence-corrected chi connectivity index (χ4v) is 3.33. The van der Waals surface area contributed by atoms with E-state index in [4.69, 9.17) is 31.1 Å². The fraction of sp³-hybridized carbons (Fsp3) is 0.381. The molecular weight excluding hydrogens is 452 g/mol. The zero-order valence-corrected chi connectivity index (χ0v) is 19.1. The van der Waals surface area contributed by atoms with Gasteiger partial charge >= 0.3 is 6.03 Å². The summed E-state index contributed by atoms with van der Waals surface area (Å²) in [6, 6.07) is 6.20. The highest BCUT2D eigenvalue weighted by Gasteiger charge is 2.24. The molecule has 1 saturated heterocycles. The molecule has 0 bridgehead atoms. The minimum absolute atomic E-state index is 0.0368. The first-order chi connectivity index (χ1) is 15.9. The van der Waals surface area contributed by atoms with E-state index in [0.717, 1.165) is 5.56 Å². The van der Waals surface area contributed by atoms with Crippen LogP contribution in [0.4, 0.5) is 16.4 Å². The van der Waals surface area contributed by atoms with Crippen molar-refractivity contribution in [2.75, 3.05) is 51.2 Å². The van der Waals surface area contributed by atoms with Crippen LogP contribution in [0.2, 0.25) is 5.02 Å². The van der Waals surface area contributed by atoms with Crippen LogP contribution in [0.15, 0.2) is 24.4 Å². The summed E-state index contributed by atoms with van der Waals surface area (Å²) >= 11 is 6.00. The Labute approximate surface area is 195 Å². The summed E-state index contributed by atoms with van der Waals surface area (Å²) in [5.41, 5.74) is 1.36. The van der Waals surface area contributed by atoms with E-state index in [0.29, 0.717) is 31.2 Å². The van der Waals surface area contributed by atoms with Crippen molar-refractivity contribution in [1.82, 2.24) is 14.9 Å². The molecule has 3 heterocycles. The second kappa shape index (κ2) is 11.0. The van der Waals surface area contributed by atoms with E-state index < -0.39 is 12.3 Å². The standard InChI is InChI=1S/C21H23ClN6O5/c1-27(21(30)25-16-8-15(22)14(9-23)10-24-16)17-5-4-13(19(26-17)20(31-2)32-3)11-28-6-7-33-12-18(28)29/h4-5,8,10,20H,6-7,11-12H2,1-3H3,(H,24,25,30). The summed E-state index contributed by atoms with van der Waals surface area (Å²) < 4.78 is 15.9.